The summed E-state index contributed by atoms with van der Waals surface area (Å²) in [5.74, 6) is 0. The first kappa shape index (κ1) is 11.8. The van der Waals surface area contributed by atoms with Crippen molar-refractivity contribution in [1.82, 2.24) is 4.57 Å². The summed E-state index contributed by atoms with van der Waals surface area (Å²) in [6.07, 6.45) is 3.01. The number of fused-ring (bicyclic) bond motifs is 1. The van der Waals surface area contributed by atoms with Gasteiger partial charge in [-0.2, -0.15) is 0 Å². The zero-order valence-corrected chi connectivity index (χ0v) is 10.6. The van der Waals surface area contributed by atoms with Gasteiger partial charge in [0.15, 0.2) is 0 Å². The van der Waals surface area contributed by atoms with E-state index in [1.54, 1.807) is 13.2 Å². The first-order valence-electron chi connectivity index (χ1n) is 5.15. The topological polar surface area (TPSA) is 14.2 Å². The average Bonchev–Trinajstić information content (AvgIpc) is 2.62. The molecule has 0 amide bonds. The van der Waals surface area contributed by atoms with E-state index in [0.29, 0.717) is 10.0 Å². The van der Waals surface area contributed by atoms with Crippen molar-refractivity contribution in [2.75, 3.05) is 13.7 Å². The van der Waals surface area contributed by atoms with Gasteiger partial charge in [0.2, 0.25) is 0 Å². The molecule has 0 N–H and O–H groups in total. The Morgan fingerprint density at radius 3 is 2.88 bits per heavy atom. The molecule has 86 valence electrons. The maximum atomic E-state index is 6.11. The van der Waals surface area contributed by atoms with Gasteiger partial charge in [0.25, 0.3) is 0 Å². The van der Waals surface area contributed by atoms with Gasteiger partial charge in [-0.1, -0.05) is 23.2 Å². The van der Waals surface area contributed by atoms with Crippen LogP contribution in [0.2, 0.25) is 10.0 Å². The highest BCUT2D eigenvalue weighted by atomic mass is 35.5. The Balaban J connectivity index is 2.32. The van der Waals surface area contributed by atoms with Crippen LogP contribution < -0.4 is 0 Å². The van der Waals surface area contributed by atoms with E-state index in [-0.39, 0.29) is 0 Å². The van der Waals surface area contributed by atoms with E-state index in [1.807, 2.05) is 18.3 Å². The summed E-state index contributed by atoms with van der Waals surface area (Å²) in [4.78, 5) is 0. The van der Waals surface area contributed by atoms with Gasteiger partial charge >= 0.3 is 0 Å². The zero-order chi connectivity index (χ0) is 11.5. The van der Waals surface area contributed by atoms with Crippen molar-refractivity contribution in [3.63, 3.8) is 0 Å². The molecular weight excluding hydrogens is 245 g/mol. The summed E-state index contributed by atoms with van der Waals surface area (Å²) in [7, 11) is 1.71. The number of hydrogen-bond donors (Lipinski definition) is 0. The largest absolute Gasteiger partial charge is 0.385 e. The van der Waals surface area contributed by atoms with Crippen LogP contribution in [0.4, 0.5) is 0 Å². The van der Waals surface area contributed by atoms with Crippen molar-refractivity contribution >= 4 is 34.1 Å². The highest BCUT2D eigenvalue weighted by molar-refractivity contribution is 6.38. The van der Waals surface area contributed by atoms with Crippen LogP contribution in [-0.2, 0) is 11.3 Å². The van der Waals surface area contributed by atoms with Gasteiger partial charge in [0, 0.05) is 36.9 Å². The Hall–Kier alpha value is -0.700. The second-order valence-corrected chi connectivity index (χ2v) is 4.52. The Kier molecular flexibility index (Phi) is 3.74. The molecule has 0 saturated carbocycles. The van der Waals surface area contributed by atoms with Crippen molar-refractivity contribution in [2.45, 2.75) is 13.0 Å². The third kappa shape index (κ3) is 2.34. The second-order valence-electron chi connectivity index (χ2n) is 3.68. The normalized spacial score (nSPS) is 11.2. The third-order valence-electron chi connectivity index (χ3n) is 2.55. The maximum absolute atomic E-state index is 6.11. The zero-order valence-electron chi connectivity index (χ0n) is 9.04. The first-order chi connectivity index (χ1) is 7.72. The fourth-order valence-electron chi connectivity index (χ4n) is 1.79. The summed E-state index contributed by atoms with van der Waals surface area (Å²) in [6, 6.07) is 5.72. The van der Waals surface area contributed by atoms with Gasteiger partial charge in [-0.25, -0.2) is 0 Å². The highest BCUT2D eigenvalue weighted by Crippen LogP contribution is 2.28. The standard InChI is InChI=1S/C12H13Cl2NO/c1-16-6-2-4-15-5-3-10-11(14)7-9(13)8-12(10)15/h3,5,7-8H,2,4,6H2,1H3. The van der Waals surface area contributed by atoms with E-state index in [1.165, 1.54) is 0 Å². The lowest BCUT2D eigenvalue weighted by molar-refractivity contribution is 0.190. The van der Waals surface area contributed by atoms with Crippen molar-refractivity contribution in [2.24, 2.45) is 0 Å². The summed E-state index contributed by atoms with van der Waals surface area (Å²) >= 11 is 12.1. The minimum Gasteiger partial charge on any atom is -0.385 e. The van der Waals surface area contributed by atoms with Crippen LogP contribution in [0.3, 0.4) is 0 Å². The molecule has 4 heteroatoms. The van der Waals surface area contributed by atoms with Gasteiger partial charge in [-0.15, -0.1) is 0 Å². The predicted octanol–water partition coefficient (Wildman–Crippen LogP) is 3.98. The molecule has 2 rings (SSSR count). The van der Waals surface area contributed by atoms with Crippen LogP contribution in [0, 0.1) is 0 Å². The molecule has 1 heterocycles. The highest BCUT2D eigenvalue weighted by Gasteiger charge is 2.05. The Bertz CT molecular complexity index is 493. The lowest BCUT2D eigenvalue weighted by atomic mass is 10.2. The van der Waals surface area contributed by atoms with Crippen LogP contribution in [0.25, 0.3) is 10.9 Å². The molecule has 0 aliphatic heterocycles. The molecule has 0 atom stereocenters. The molecule has 2 aromatic rings. The molecule has 2 nitrogen and oxygen atoms in total. The van der Waals surface area contributed by atoms with Gasteiger partial charge in [-0.3, -0.25) is 0 Å². The van der Waals surface area contributed by atoms with E-state index < -0.39 is 0 Å². The summed E-state index contributed by atoms with van der Waals surface area (Å²) in [5.41, 5.74) is 1.08. The fourth-order valence-corrected chi connectivity index (χ4v) is 2.34. The SMILES string of the molecule is COCCCn1ccc2c(Cl)cc(Cl)cc21. The van der Waals surface area contributed by atoms with E-state index >= 15 is 0 Å². The number of ether oxygens (including phenoxy) is 1. The van der Waals surface area contributed by atoms with Crippen molar-refractivity contribution in [3.8, 4) is 0 Å². The van der Waals surface area contributed by atoms with E-state index in [0.717, 1.165) is 30.5 Å². The van der Waals surface area contributed by atoms with Crippen LogP contribution in [0.5, 0.6) is 0 Å². The van der Waals surface area contributed by atoms with Crippen LogP contribution >= 0.6 is 23.2 Å². The number of aromatic nitrogens is 1. The molecule has 0 fully saturated rings. The van der Waals surface area contributed by atoms with Crippen LogP contribution in [-0.4, -0.2) is 18.3 Å². The first-order valence-corrected chi connectivity index (χ1v) is 5.91. The number of rotatable bonds is 4. The second kappa shape index (κ2) is 5.09. The minimum absolute atomic E-state index is 0.671. The molecule has 0 radical (unpaired) electrons. The molecule has 0 saturated heterocycles. The molecule has 0 aliphatic rings. The monoisotopic (exact) mass is 257 g/mol. The molecule has 0 unspecified atom stereocenters. The van der Waals surface area contributed by atoms with Gasteiger partial charge < -0.3 is 9.30 Å². The van der Waals surface area contributed by atoms with Crippen LogP contribution in [0.15, 0.2) is 24.4 Å². The number of aryl methyl sites for hydroxylation is 1. The number of methoxy groups -OCH3 is 1. The van der Waals surface area contributed by atoms with E-state index in [4.69, 9.17) is 27.9 Å². The minimum atomic E-state index is 0.671. The summed E-state index contributed by atoms with van der Waals surface area (Å²) in [6.45, 7) is 1.67. The maximum Gasteiger partial charge on any atom is 0.0514 e. The molecule has 1 aromatic heterocycles. The fraction of sp³-hybridized carbons (Fsp3) is 0.333. The van der Waals surface area contributed by atoms with Crippen molar-refractivity contribution in [3.05, 3.63) is 34.4 Å². The Morgan fingerprint density at radius 1 is 1.31 bits per heavy atom. The number of nitrogens with zero attached hydrogens (tertiary/aromatic N) is 1. The molecule has 0 spiro atoms. The molecule has 1 aromatic carbocycles. The summed E-state index contributed by atoms with van der Waals surface area (Å²) in [5, 5.41) is 2.42. The Morgan fingerprint density at radius 2 is 2.12 bits per heavy atom. The lowest BCUT2D eigenvalue weighted by Gasteiger charge is -2.05. The molecule has 0 aliphatic carbocycles. The number of hydrogen-bond acceptors (Lipinski definition) is 1. The van der Waals surface area contributed by atoms with Crippen molar-refractivity contribution < 1.29 is 4.74 Å². The number of benzene rings is 1. The van der Waals surface area contributed by atoms with E-state index in [9.17, 15) is 0 Å². The smallest absolute Gasteiger partial charge is 0.0514 e. The lowest BCUT2D eigenvalue weighted by Crippen LogP contribution is -1.99. The van der Waals surface area contributed by atoms with Crippen LogP contribution in [0.1, 0.15) is 6.42 Å². The van der Waals surface area contributed by atoms with E-state index in [2.05, 4.69) is 4.57 Å². The van der Waals surface area contributed by atoms with Gasteiger partial charge in [0.1, 0.15) is 0 Å². The summed E-state index contributed by atoms with van der Waals surface area (Å²) < 4.78 is 7.18. The quantitative estimate of drug-likeness (QED) is 0.756. The van der Waals surface area contributed by atoms with Gasteiger partial charge in [0.05, 0.1) is 10.5 Å². The van der Waals surface area contributed by atoms with Crippen molar-refractivity contribution in [1.29, 1.82) is 0 Å². The molecular formula is C12H13Cl2NO. The molecule has 16 heavy (non-hydrogen) atoms. The van der Waals surface area contributed by atoms with Gasteiger partial charge in [-0.05, 0) is 24.6 Å². The number of halogens is 2. The molecule has 0 bridgehead atoms. The third-order valence-corrected chi connectivity index (χ3v) is 3.08. The predicted molar refractivity (Wildman–Crippen MR) is 68.5 cm³/mol. The average molecular weight is 258 g/mol. The Labute approximate surface area is 105 Å².